The molecule has 0 saturated carbocycles. The lowest BCUT2D eigenvalue weighted by molar-refractivity contribution is 0.0321. The number of hydrogen-bond donors (Lipinski definition) is 0. The molecule has 0 radical (unpaired) electrons. The number of ether oxygens (including phenoxy) is 2. The van der Waals surface area contributed by atoms with Crippen LogP contribution in [-0.4, -0.2) is 39.1 Å². The molecule has 1 atom stereocenters. The Hall–Kier alpha value is -1.89. The van der Waals surface area contributed by atoms with Gasteiger partial charge in [-0.3, -0.25) is 0 Å². The first kappa shape index (κ1) is 17.0. The molecule has 24 heavy (non-hydrogen) atoms. The summed E-state index contributed by atoms with van der Waals surface area (Å²) in [5.74, 6) is 0.665. The quantitative estimate of drug-likeness (QED) is 0.835. The number of morpholine rings is 1. The molecule has 1 saturated heterocycles. The Labute approximate surface area is 142 Å². The molecule has 1 unspecified atom stereocenters. The van der Waals surface area contributed by atoms with E-state index < -0.39 is 10.0 Å². The molecule has 1 aliphatic rings. The standard InChI is InChI=1S/C18H21NO4S/c1-2-23-16-8-10-17(11-9-16)24(20,21)19-12-13-22-14-18(19)15-6-4-3-5-7-15/h3-11,18H,2,12-14H2,1H3. The number of rotatable bonds is 5. The van der Waals surface area contributed by atoms with Crippen LogP contribution in [0.25, 0.3) is 0 Å². The molecule has 0 bridgehead atoms. The fraction of sp³-hybridized carbons (Fsp3) is 0.333. The van der Waals surface area contributed by atoms with Gasteiger partial charge in [0.2, 0.25) is 10.0 Å². The monoisotopic (exact) mass is 347 g/mol. The summed E-state index contributed by atoms with van der Waals surface area (Å²) in [5.41, 5.74) is 0.937. The van der Waals surface area contributed by atoms with Crippen LogP contribution in [0.1, 0.15) is 18.5 Å². The van der Waals surface area contributed by atoms with E-state index in [1.54, 1.807) is 24.3 Å². The summed E-state index contributed by atoms with van der Waals surface area (Å²) in [5, 5.41) is 0. The highest BCUT2D eigenvalue weighted by atomic mass is 32.2. The van der Waals surface area contributed by atoms with Gasteiger partial charge >= 0.3 is 0 Å². The number of benzene rings is 2. The van der Waals surface area contributed by atoms with Crippen molar-refractivity contribution in [3.8, 4) is 5.75 Å². The van der Waals surface area contributed by atoms with Crippen LogP contribution < -0.4 is 4.74 Å². The zero-order valence-electron chi connectivity index (χ0n) is 13.6. The maximum Gasteiger partial charge on any atom is 0.243 e. The van der Waals surface area contributed by atoms with E-state index in [0.717, 1.165) is 5.56 Å². The summed E-state index contributed by atoms with van der Waals surface area (Å²) in [4.78, 5) is 0.272. The van der Waals surface area contributed by atoms with Crippen molar-refractivity contribution in [2.24, 2.45) is 0 Å². The summed E-state index contributed by atoms with van der Waals surface area (Å²) < 4.78 is 38.6. The van der Waals surface area contributed by atoms with Crippen molar-refractivity contribution in [2.45, 2.75) is 17.9 Å². The van der Waals surface area contributed by atoms with Gasteiger partial charge in [-0.05, 0) is 36.8 Å². The molecule has 128 valence electrons. The van der Waals surface area contributed by atoms with E-state index in [9.17, 15) is 8.42 Å². The van der Waals surface area contributed by atoms with Gasteiger partial charge in [-0.25, -0.2) is 8.42 Å². The largest absolute Gasteiger partial charge is 0.494 e. The van der Waals surface area contributed by atoms with Crippen LogP contribution >= 0.6 is 0 Å². The molecule has 0 spiro atoms. The van der Waals surface area contributed by atoms with Gasteiger partial charge in [-0.15, -0.1) is 0 Å². The summed E-state index contributed by atoms with van der Waals surface area (Å²) in [6, 6.07) is 15.9. The van der Waals surface area contributed by atoms with Crippen molar-refractivity contribution >= 4 is 10.0 Å². The molecule has 1 aliphatic heterocycles. The van der Waals surface area contributed by atoms with E-state index in [1.807, 2.05) is 37.3 Å². The van der Waals surface area contributed by atoms with Gasteiger partial charge in [0.1, 0.15) is 5.75 Å². The lowest BCUT2D eigenvalue weighted by Gasteiger charge is -2.34. The molecule has 0 N–H and O–H groups in total. The van der Waals surface area contributed by atoms with Crippen LogP contribution in [0.5, 0.6) is 5.75 Å². The third-order valence-electron chi connectivity index (χ3n) is 4.01. The predicted octanol–water partition coefficient (Wildman–Crippen LogP) is 2.85. The fourth-order valence-corrected chi connectivity index (χ4v) is 4.41. The maximum atomic E-state index is 13.1. The van der Waals surface area contributed by atoms with Gasteiger partial charge in [0.15, 0.2) is 0 Å². The second-order valence-corrected chi connectivity index (χ2v) is 7.41. The Bertz CT molecular complexity index is 759. The van der Waals surface area contributed by atoms with Crippen LogP contribution in [0.15, 0.2) is 59.5 Å². The molecule has 5 nitrogen and oxygen atoms in total. The van der Waals surface area contributed by atoms with E-state index in [2.05, 4.69) is 0 Å². The van der Waals surface area contributed by atoms with E-state index in [0.29, 0.717) is 32.1 Å². The van der Waals surface area contributed by atoms with Gasteiger partial charge < -0.3 is 9.47 Å². The number of sulfonamides is 1. The topological polar surface area (TPSA) is 55.8 Å². The highest BCUT2D eigenvalue weighted by molar-refractivity contribution is 7.89. The first-order valence-electron chi connectivity index (χ1n) is 8.00. The SMILES string of the molecule is CCOc1ccc(S(=O)(=O)N2CCOCC2c2ccccc2)cc1. The Morgan fingerprint density at radius 1 is 1.12 bits per heavy atom. The van der Waals surface area contributed by atoms with Crippen molar-refractivity contribution in [1.82, 2.24) is 4.31 Å². The lowest BCUT2D eigenvalue weighted by Crippen LogP contribution is -2.43. The Morgan fingerprint density at radius 2 is 1.83 bits per heavy atom. The Kier molecular flexibility index (Phi) is 5.18. The van der Waals surface area contributed by atoms with E-state index in [-0.39, 0.29) is 10.9 Å². The van der Waals surface area contributed by atoms with Crippen LogP contribution in [0.4, 0.5) is 0 Å². The predicted molar refractivity (Wildman–Crippen MR) is 91.5 cm³/mol. The third kappa shape index (κ3) is 3.45. The van der Waals surface area contributed by atoms with E-state index in [4.69, 9.17) is 9.47 Å². The molecule has 0 aromatic heterocycles. The molecular weight excluding hydrogens is 326 g/mol. The zero-order valence-corrected chi connectivity index (χ0v) is 14.4. The minimum Gasteiger partial charge on any atom is -0.494 e. The van der Waals surface area contributed by atoms with Crippen molar-refractivity contribution in [3.63, 3.8) is 0 Å². The zero-order chi connectivity index (χ0) is 17.0. The average Bonchev–Trinajstić information content (AvgIpc) is 2.63. The molecule has 6 heteroatoms. The van der Waals surface area contributed by atoms with Crippen LogP contribution in [0, 0.1) is 0 Å². The van der Waals surface area contributed by atoms with Crippen LogP contribution in [-0.2, 0) is 14.8 Å². The number of nitrogens with zero attached hydrogens (tertiary/aromatic N) is 1. The van der Waals surface area contributed by atoms with Crippen molar-refractivity contribution < 1.29 is 17.9 Å². The second-order valence-electron chi connectivity index (χ2n) is 5.52. The smallest absolute Gasteiger partial charge is 0.243 e. The van der Waals surface area contributed by atoms with E-state index in [1.165, 1.54) is 4.31 Å². The summed E-state index contributed by atoms with van der Waals surface area (Å²) in [6.07, 6.45) is 0. The van der Waals surface area contributed by atoms with E-state index >= 15 is 0 Å². The van der Waals surface area contributed by atoms with Crippen molar-refractivity contribution in [1.29, 1.82) is 0 Å². The normalized spacial score (nSPS) is 19.1. The first-order valence-corrected chi connectivity index (χ1v) is 9.44. The highest BCUT2D eigenvalue weighted by Gasteiger charge is 2.34. The lowest BCUT2D eigenvalue weighted by atomic mass is 10.1. The fourth-order valence-electron chi connectivity index (χ4n) is 2.82. The van der Waals surface area contributed by atoms with Crippen molar-refractivity contribution in [2.75, 3.05) is 26.4 Å². The van der Waals surface area contributed by atoms with Crippen molar-refractivity contribution in [3.05, 3.63) is 60.2 Å². The van der Waals surface area contributed by atoms with Gasteiger partial charge in [0.05, 0.1) is 30.8 Å². The summed E-state index contributed by atoms with van der Waals surface area (Å²) in [7, 11) is -3.59. The average molecular weight is 347 g/mol. The maximum absolute atomic E-state index is 13.1. The Morgan fingerprint density at radius 3 is 2.50 bits per heavy atom. The van der Waals surface area contributed by atoms with Gasteiger partial charge in [0.25, 0.3) is 0 Å². The Balaban J connectivity index is 1.91. The first-order chi connectivity index (χ1) is 11.6. The third-order valence-corrected chi connectivity index (χ3v) is 5.93. The minimum absolute atomic E-state index is 0.272. The minimum atomic E-state index is -3.59. The molecular formula is C18H21NO4S. The molecule has 3 rings (SSSR count). The van der Waals surface area contributed by atoms with Crippen LogP contribution in [0.2, 0.25) is 0 Å². The number of hydrogen-bond acceptors (Lipinski definition) is 4. The summed E-state index contributed by atoms with van der Waals surface area (Å²) in [6.45, 7) is 3.55. The molecule has 2 aromatic rings. The van der Waals surface area contributed by atoms with Gasteiger partial charge in [-0.1, -0.05) is 30.3 Å². The molecule has 1 heterocycles. The molecule has 0 amide bonds. The molecule has 0 aliphatic carbocycles. The second kappa shape index (κ2) is 7.34. The van der Waals surface area contributed by atoms with Crippen LogP contribution in [0.3, 0.4) is 0 Å². The van der Waals surface area contributed by atoms with Gasteiger partial charge in [0, 0.05) is 6.54 Å². The van der Waals surface area contributed by atoms with Gasteiger partial charge in [-0.2, -0.15) is 4.31 Å². The summed E-state index contributed by atoms with van der Waals surface area (Å²) >= 11 is 0. The molecule has 2 aromatic carbocycles. The molecule has 1 fully saturated rings. The highest BCUT2D eigenvalue weighted by Crippen LogP contribution is 2.30.